The maximum Gasteiger partial charge on any atom is 0.326 e. The van der Waals surface area contributed by atoms with Gasteiger partial charge in [-0.25, -0.2) is 0 Å². The van der Waals surface area contributed by atoms with E-state index in [4.69, 9.17) is 10.5 Å². The molecule has 1 aromatic carbocycles. The van der Waals surface area contributed by atoms with E-state index in [9.17, 15) is 10.1 Å². The molecule has 2 fully saturated rings. The second kappa shape index (κ2) is 7.70. The molecular formula is C25H27N3O2. The van der Waals surface area contributed by atoms with E-state index < -0.39 is 5.54 Å². The first-order chi connectivity index (χ1) is 14.3. The summed E-state index contributed by atoms with van der Waals surface area (Å²) < 4.78 is 5.54. The van der Waals surface area contributed by atoms with E-state index in [1.807, 2.05) is 43.3 Å². The minimum absolute atomic E-state index is 0.0331. The molecule has 0 unspecified atom stereocenters. The van der Waals surface area contributed by atoms with Crippen LogP contribution >= 0.6 is 0 Å². The normalized spacial score (nSPS) is 33.2. The number of carbonyl (C=O) groups is 1. The molecule has 2 aliphatic rings. The minimum Gasteiger partial charge on any atom is -0.461 e. The number of esters is 1. The summed E-state index contributed by atoms with van der Waals surface area (Å²) in [5.41, 5.74) is 8.92. The number of nitrogens with zero attached hydrogens (tertiary/aromatic N) is 2. The number of pyridine rings is 1. The number of carbonyl (C=O) groups excluding carboxylic acids is 1. The number of fused-ring (bicyclic) bond motifs is 1. The van der Waals surface area contributed by atoms with Crippen molar-refractivity contribution in [3.8, 4) is 17.2 Å². The summed E-state index contributed by atoms with van der Waals surface area (Å²) in [5.74, 6) is 0.559. The lowest BCUT2D eigenvalue weighted by molar-refractivity contribution is -0.145. The zero-order valence-corrected chi connectivity index (χ0v) is 17.6. The third kappa shape index (κ3) is 3.32. The molecule has 1 saturated carbocycles. The summed E-state index contributed by atoms with van der Waals surface area (Å²) in [5, 5.41) is 9.32. The summed E-state index contributed by atoms with van der Waals surface area (Å²) in [4.78, 5) is 17.0. The molecule has 5 heteroatoms. The molecule has 2 heterocycles. The van der Waals surface area contributed by atoms with Crippen molar-refractivity contribution in [2.24, 2.45) is 29.4 Å². The Morgan fingerprint density at radius 2 is 2.00 bits per heavy atom. The van der Waals surface area contributed by atoms with Gasteiger partial charge < -0.3 is 10.5 Å². The Hall–Kier alpha value is -2.97. The van der Waals surface area contributed by atoms with Crippen molar-refractivity contribution in [2.75, 3.05) is 0 Å². The first kappa shape index (κ1) is 20.3. The summed E-state index contributed by atoms with van der Waals surface area (Å²) in [6.45, 7) is 6.33. The Balaban J connectivity index is 1.60. The Labute approximate surface area is 177 Å². The lowest BCUT2D eigenvalue weighted by atomic mass is 9.59. The number of benzene rings is 1. The fourth-order valence-electron chi connectivity index (χ4n) is 5.21. The number of allylic oxidation sites excluding steroid dienone is 1. The molecule has 1 aliphatic heterocycles. The maximum absolute atomic E-state index is 12.4. The molecule has 154 valence electrons. The highest BCUT2D eigenvalue weighted by Crippen LogP contribution is 2.50. The van der Waals surface area contributed by atoms with Gasteiger partial charge in [0.2, 0.25) is 0 Å². The molecule has 4 rings (SSSR count). The van der Waals surface area contributed by atoms with E-state index in [1.165, 1.54) is 0 Å². The molecule has 1 aromatic heterocycles. The monoisotopic (exact) mass is 401 g/mol. The molecule has 2 aromatic rings. The van der Waals surface area contributed by atoms with E-state index >= 15 is 0 Å². The Kier molecular flexibility index (Phi) is 5.21. The van der Waals surface area contributed by atoms with Crippen molar-refractivity contribution in [1.29, 1.82) is 5.26 Å². The standard InChI is InChI=1S/C25H27N3O2/c1-15-12-25(27)23(17(3)30-24(25)29)21(16(15)2)11-10-20-9-8-19(14-28-20)22-7-5-4-6-18(22)13-26/h4-11,14-17,21,23H,12,27H2,1-3H3/b11-10+/t15-,16+,17+,21-,23-,25-/m0/s1. The predicted molar refractivity (Wildman–Crippen MR) is 116 cm³/mol. The number of hydrogen-bond donors (Lipinski definition) is 1. The van der Waals surface area contributed by atoms with Crippen LogP contribution in [-0.2, 0) is 9.53 Å². The van der Waals surface area contributed by atoms with Crippen LogP contribution in [0, 0.1) is 35.0 Å². The van der Waals surface area contributed by atoms with Gasteiger partial charge in [0.15, 0.2) is 0 Å². The van der Waals surface area contributed by atoms with Crippen molar-refractivity contribution in [3.63, 3.8) is 0 Å². The topological polar surface area (TPSA) is 89.0 Å². The molecule has 1 aliphatic carbocycles. The molecule has 1 saturated heterocycles. The van der Waals surface area contributed by atoms with E-state index in [0.717, 1.165) is 16.8 Å². The van der Waals surface area contributed by atoms with Crippen LogP contribution in [0.15, 0.2) is 48.7 Å². The largest absolute Gasteiger partial charge is 0.461 e. The van der Waals surface area contributed by atoms with Gasteiger partial charge in [-0.3, -0.25) is 9.78 Å². The SMILES string of the molecule is C[C@H]1[C@H](/C=C/c2ccc(-c3ccccc3C#N)cn2)[C@@H]2[C@@H](C)OC(=O)[C@]2(N)C[C@@H]1C. The molecule has 0 bridgehead atoms. The highest BCUT2D eigenvalue weighted by atomic mass is 16.6. The zero-order chi connectivity index (χ0) is 21.5. The van der Waals surface area contributed by atoms with Gasteiger partial charge in [-0.05, 0) is 49.3 Å². The van der Waals surface area contributed by atoms with Gasteiger partial charge in [-0.15, -0.1) is 0 Å². The molecular weight excluding hydrogens is 374 g/mol. The van der Waals surface area contributed by atoms with Gasteiger partial charge in [0.1, 0.15) is 11.6 Å². The third-order valence-corrected chi connectivity index (χ3v) is 6.99. The van der Waals surface area contributed by atoms with Crippen molar-refractivity contribution < 1.29 is 9.53 Å². The third-order valence-electron chi connectivity index (χ3n) is 6.99. The van der Waals surface area contributed by atoms with Gasteiger partial charge in [0.05, 0.1) is 17.3 Å². The molecule has 2 N–H and O–H groups in total. The molecule has 6 atom stereocenters. The molecule has 0 radical (unpaired) electrons. The van der Waals surface area contributed by atoms with Gasteiger partial charge >= 0.3 is 5.97 Å². The quantitative estimate of drug-likeness (QED) is 0.779. The van der Waals surface area contributed by atoms with Crippen LogP contribution in [0.2, 0.25) is 0 Å². The van der Waals surface area contributed by atoms with Gasteiger partial charge in [0, 0.05) is 23.2 Å². The highest BCUT2D eigenvalue weighted by Gasteiger charge is 2.60. The summed E-state index contributed by atoms with van der Waals surface area (Å²) in [6.07, 6.45) is 6.43. The van der Waals surface area contributed by atoms with Crippen LogP contribution in [0.25, 0.3) is 17.2 Å². The summed E-state index contributed by atoms with van der Waals surface area (Å²) in [6, 6.07) is 13.7. The Bertz CT molecular complexity index is 1020. The summed E-state index contributed by atoms with van der Waals surface area (Å²) in [7, 11) is 0. The Morgan fingerprint density at radius 1 is 1.23 bits per heavy atom. The fourth-order valence-corrected chi connectivity index (χ4v) is 5.21. The summed E-state index contributed by atoms with van der Waals surface area (Å²) >= 11 is 0. The van der Waals surface area contributed by atoms with Crippen molar-refractivity contribution in [1.82, 2.24) is 4.98 Å². The molecule has 0 spiro atoms. The number of aromatic nitrogens is 1. The van der Waals surface area contributed by atoms with Crippen molar-refractivity contribution >= 4 is 12.0 Å². The zero-order valence-electron chi connectivity index (χ0n) is 17.6. The number of hydrogen-bond acceptors (Lipinski definition) is 5. The average Bonchev–Trinajstić information content (AvgIpc) is 2.97. The first-order valence-electron chi connectivity index (χ1n) is 10.5. The number of cyclic esters (lactones) is 1. The second-order valence-electron chi connectivity index (χ2n) is 8.78. The van der Waals surface area contributed by atoms with Gasteiger partial charge in [0.25, 0.3) is 0 Å². The van der Waals surface area contributed by atoms with Crippen LogP contribution in [0.3, 0.4) is 0 Å². The van der Waals surface area contributed by atoms with Gasteiger partial charge in [-0.1, -0.05) is 44.2 Å². The first-order valence-corrected chi connectivity index (χ1v) is 10.5. The van der Waals surface area contributed by atoms with Crippen LogP contribution in [-0.4, -0.2) is 22.6 Å². The second-order valence-corrected chi connectivity index (χ2v) is 8.78. The van der Waals surface area contributed by atoms with E-state index in [0.29, 0.717) is 23.8 Å². The number of nitrogens with two attached hydrogens (primary N) is 1. The molecule has 5 nitrogen and oxygen atoms in total. The van der Waals surface area contributed by atoms with E-state index in [-0.39, 0.29) is 23.9 Å². The maximum atomic E-state index is 12.4. The molecule has 0 amide bonds. The number of nitriles is 1. The van der Waals surface area contributed by atoms with Crippen LogP contribution in [0.5, 0.6) is 0 Å². The Morgan fingerprint density at radius 3 is 2.70 bits per heavy atom. The van der Waals surface area contributed by atoms with E-state index in [1.54, 1.807) is 12.3 Å². The van der Waals surface area contributed by atoms with Crippen molar-refractivity contribution in [3.05, 3.63) is 59.9 Å². The number of rotatable bonds is 3. The van der Waals surface area contributed by atoms with Crippen LogP contribution < -0.4 is 5.73 Å². The van der Waals surface area contributed by atoms with Crippen molar-refractivity contribution in [2.45, 2.75) is 38.8 Å². The fraction of sp³-hybridized carbons (Fsp3) is 0.400. The highest BCUT2D eigenvalue weighted by molar-refractivity contribution is 5.84. The average molecular weight is 402 g/mol. The lowest BCUT2D eigenvalue weighted by Crippen LogP contribution is -2.58. The number of ether oxygens (including phenoxy) is 1. The van der Waals surface area contributed by atoms with Gasteiger partial charge in [-0.2, -0.15) is 5.26 Å². The van der Waals surface area contributed by atoms with Crippen LogP contribution in [0.1, 0.15) is 38.4 Å². The smallest absolute Gasteiger partial charge is 0.326 e. The van der Waals surface area contributed by atoms with E-state index in [2.05, 4.69) is 31.0 Å². The predicted octanol–water partition coefficient (Wildman–Crippen LogP) is 4.18. The molecule has 30 heavy (non-hydrogen) atoms. The lowest BCUT2D eigenvalue weighted by Gasteiger charge is -2.45. The minimum atomic E-state index is -0.904. The van der Waals surface area contributed by atoms with Crippen LogP contribution in [0.4, 0.5) is 0 Å².